The first-order valence-corrected chi connectivity index (χ1v) is 9.19. The molecule has 148 valence electrons. The topological polar surface area (TPSA) is 87.7 Å². The van der Waals surface area contributed by atoms with Gasteiger partial charge in [-0.05, 0) is 56.9 Å². The van der Waals surface area contributed by atoms with Crippen LogP contribution in [0.3, 0.4) is 0 Å². The van der Waals surface area contributed by atoms with E-state index in [0.717, 1.165) is 17.7 Å². The lowest BCUT2D eigenvalue weighted by Gasteiger charge is -2.25. The van der Waals surface area contributed by atoms with Crippen molar-refractivity contribution in [1.82, 2.24) is 5.32 Å². The molecule has 2 rings (SSSR count). The first-order valence-electron chi connectivity index (χ1n) is 9.19. The molecule has 1 atom stereocenters. The van der Waals surface area contributed by atoms with Crippen LogP contribution in [-0.4, -0.2) is 36.1 Å². The van der Waals surface area contributed by atoms with E-state index in [9.17, 15) is 14.4 Å². The Labute approximate surface area is 160 Å². The van der Waals surface area contributed by atoms with Crippen LogP contribution in [0.4, 0.5) is 16.2 Å². The molecule has 1 aromatic rings. The molecule has 1 aliphatic rings. The van der Waals surface area contributed by atoms with Crippen molar-refractivity contribution in [2.24, 2.45) is 5.92 Å². The van der Waals surface area contributed by atoms with Gasteiger partial charge >= 0.3 is 6.09 Å². The van der Waals surface area contributed by atoms with Crippen molar-refractivity contribution < 1.29 is 19.1 Å². The number of hydrogen-bond acceptors (Lipinski definition) is 4. The lowest BCUT2D eigenvalue weighted by Crippen LogP contribution is -2.48. The van der Waals surface area contributed by atoms with Crippen molar-refractivity contribution >= 4 is 29.3 Å². The summed E-state index contributed by atoms with van der Waals surface area (Å²) in [6.07, 6.45) is 0.130. The van der Waals surface area contributed by atoms with Gasteiger partial charge in [-0.15, -0.1) is 0 Å². The van der Waals surface area contributed by atoms with E-state index in [1.807, 2.05) is 26.0 Å². The Balaban J connectivity index is 2.08. The van der Waals surface area contributed by atoms with Gasteiger partial charge in [0.25, 0.3) is 0 Å². The molecule has 2 N–H and O–H groups in total. The number of nitrogens with zero attached hydrogens (tertiary/aromatic N) is 1. The third-order valence-electron chi connectivity index (χ3n) is 4.24. The van der Waals surface area contributed by atoms with Crippen LogP contribution in [0.25, 0.3) is 0 Å². The van der Waals surface area contributed by atoms with Gasteiger partial charge in [0.15, 0.2) is 0 Å². The van der Waals surface area contributed by atoms with Crippen LogP contribution in [0.2, 0.25) is 0 Å². The van der Waals surface area contributed by atoms with Gasteiger partial charge in [-0.2, -0.15) is 0 Å². The van der Waals surface area contributed by atoms with Crippen molar-refractivity contribution in [3.63, 3.8) is 0 Å². The number of rotatable bonds is 4. The predicted octanol–water partition coefficient (Wildman–Crippen LogP) is 3.08. The van der Waals surface area contributed by atoms with E-state index in [1.54, 1.807) is 38.7 Å². The summed E-state index contributed by atoms with van der Waals surface area (Å²) >= 11 is 0. The Morgan fingerprint density at radius 3 is 2.41 bits per heavy atom. The van der Waals surface area contributed by atoms with Gasteiger partial charge < -0.3 is 20.3 Å². The zero-order chi connectivity index (χ0) is 20.4. The van der Waals surface area contributed by atoms with E-state index in [-0.39, 0.29) is 17.7 Å². The second kappa shape index (κ2) is 7.98. The number of hydrogen-bond donors (Lipinski definition) is 2. The molecular weight excluding hydrogens is 346 g/mol. The number of nitrogens with one attached hydrogen (secondary N) is 2. The number of fused-ring (bicyclic) bond motifs is 1. The third kappa shape index (κ3) is 5.45. The van der Waals surface area contributed by atoms with Crippen LogP contribution in [0, 0.1) is 5.92 Å². The average Bonchev–Trinajstić information content (AvgIpc) is 2.93. The van der Waals surface area contributed by atoms with E-state index < -0.39 is 17.7 Å². The van der Waals surface area contributed by atoms with E-state index in [4.69, 9.17) is 4.74 Å². The van der Waals surface area contributed by atoms with Crippen molar-refractivity contribution in [2.75, 3.05) is 16.8 Å². The van der Waals surface area contributed by atoms with Gasteiger partial charge in [0, 0.05) is 24.8 Å². The van der Waals surface area contributed by atoms with Crippen LogP contribution in [0.1, 0.15) is 47.1 Å². The summed E-state index contributed by atoms with van der Waals surface area (Å²) in [6.45, 7) is 11.2. The van der Waals surface area contributed by atoms with Crippen LogP contribution in [-0.2, 0) is 20.7 Å². The molecule has 0 aromatic heterocycles. The number of amides is 3. The summed E-state index contributed by atoms with van der Waals surface area (Å²) in [5.74, 6) is -0.413. The Morgan fingerprint density at radius 1 is 1.19 bits per heavy atom. The summed E-state index contributed by atoms with van der Waals surface area (Å²) in [4.78, 5) is 38.1. The second-order valence-corrected chi connectivity index (χ2v) is 8.12. The largest absolute Gasteiger partial charge is 0.444 e. The van der Waals surface area contributed by atoms with Crippen LogP contribution >= 0.6 is 0 Å². The minimum atomic E-state index is -0.721. The van der Waals surface area contributed by atoms with Crippen LogP contribution < -0.4 is 15.5 Å². The number of carbonyl (C=O) groups excluding carboxylic acids is 3. The molecule has 7 heteroatoms. The fraction of sp³-hybridized carbons (Fsp3) is 0.550. The lowest BCUT2D eigenvalue weighted by molar-refractivity contribution is -0.119. The maximum absolute atomic E-state index is 12.7. The first-order chi connectivity index (χ1) is 12.5. The van der Waals surface area contributed by atoms with E-state index in [0.29, 0.717) is 12.2 Å². The molecule has 0 saturated carbocycles. The Kier molecular flexibility index (Phi) is 6.13. The Bertz CT molecular complexity index is 737. The van der Waals surface area contributed by atoms with Gasteiger partial charge in [0.1, 0.15) is 11.6 Å². The molecule has 27 heavy (non-hydrogen) atoms. The fourth-order valence-electron chi connectivity index (χ4n) is 3.00. The summed E-state index contributed by atoms with van der Waals surface area (Å²) in [5.41, 5.74) is 1.91. The molecule has 0 unspecified atom stereocenters. The predicted molar refractivity (Wildman–Crippen MR) is 105 cm³/mol. The van der Waals surface area contributed by atoms with Gasteiger partial charge in [-0.1, -0.05) is 13.8 Å². The minimum Gasteiger partial charge on any atom is -0.444 e. The summed E-state index contributed by atoms with van der Waals surface area (Å²) < 4.78 is 5.25. The zero-order valence-corrected chi connectivity index (χ0v) is 16.9. The van der Waals surface area contributed by atoms with Gasteiger partial charge in [0.2, 0.25) is 11.8 Å². The summed E-state index contributed by atoms with van der Waals surface area (Å²) in [5, 5.41) is 5.49. The van der Waals surface area contributed by atoms with E-state index in [1.165, 1.54) is 0 Å². The van der Waals surface area contributed by atoms with Crippen molar-refractivity contribution in [2.45, 2.75) is 59.6 Å². The third-order valence-corrected chi connectivity index (χ3v) is 4.24. The van der Waals surface area contributed by atoms with Crippen LogP contribution in [0.5, 0.6) is 0 Å². The SMILES string of the molecule is CC(=O)N1CCc2cc(NC(=O)[C@H](NC(=O)OC(C)(C)C)C(C)C)ccc21. The Morgan fingerprint density at radius 2 is 1.85 bits per heavy atom. The maximum Gasteiger partial charge on any atom is 0.408 e. The fourth-order valence-corrected chi connectivity index (χ4v) is 3.00. The van der Waals surface area contributed by atoms with Crippen LogP contribution in [0.15, 0.2) is 18.2 Å². The van der Waals surface area contributed by atoms with Crippen molar-refractivity contribution in [1.29, 1.82) is 0 Å². The summed E-state index contributed by atoms with van der Waals surface area (Å²) in [7, 11) is 0. The quantitative estimate of drug-likeness (QED) is 0.846. The smallest absolute Gasteiger partial charge is 0.408 e. The molecule has 0 fully saturated rings. The van der Waals surface area contributed by atoms with Gasteiger partial charge in [-0.25, -0.2) is 4.79 Å². The number of carbonyl (C=O) groups is 3. The Hall–Kier alpha value is -2.57. The number of anilines is 2. The normalized spacial score (nSPS) is 14.6. The number of alkyl carbamates (subject to hydrolysis) is 1. The molecule has 3 amide bonds. The molecule has 1 aromatic carbocycles. The highest BCUT2D eigenvalue weighted by Gasteiger charge is 2.28. The summed E-state index contributed by atoms with van der Waals surface area (Å²) in [6, 6.07) is 4.76. The van der Waals surface area contributed by atoms with Crippen molar-refractivity contribution in [3.05, 3.63) is 23.8 Å². The lowest BCUT2D eigenvalue weighted by atomic mass is 10.0. The monoisotopic (exact) mass is 375 g/mol. The van der Waals surface area contributed by atoms with E-state index in [2.05, 4.69) is 10.6 Å². The van der Waals surface area contributed by atoms with Crippen molar-refractivity contribution in [3.8, 4) is 0 Å². The molecule has 0 saturated heterocycles. The van der Waals surface area contributed by atoms with Gasteiger partial charge in [0.05, 0.1) is 0 Å². The zero-order valence-electron chi connectivity index (χ0n) is 16.9. The molecular formula is C20H29N3O4. The highest BCUT2D eigenvalue weighted by molar-refractivity contribution is 5.98. The number of benzene rings is 1. The highest BCUT2D eigenvalue weighted by Crippen LogP contribution is 2.30. The second-order valence-electron chi connectivity index (χ2n) is 8.12. The highest BCUT2D eigenvalue weighted by atomic mass is 16.6. The minimum absolute atomic E-state index is 0.00645. The molecule has 1 aliphatic heterocycles. The van der Waals surface area contributed by atoms with Gasteiger partial charge in [-0.3, -0.25) is 9.59 Å². The molecule has 7 nitrogen and oxygen atoms in total. The van der Waals surface area contributed by atoms with E-state index >= 15 is 0 Å². The standard InChI is InChI=1S/C20H29N3O4/c1-12(2)17(22-19(26)27-20(4,5)6)18(25)21-15-7-8-16-14(11-15)9-10-23(16)13(3)24/h7-8,11-12,17H,9-10H2,1-6H3,(H,21,25)(H,22,26)/t17-/m1/s1. The maximum atomic E-state index is 12.7. The molecule has 0 bridgehead atoms. The number of ether oxygens (including phenoxy) is 1. The first kappa shape index (κ1) is 20.7. The molecule has 1 heterocycles. The molecule has 0 aliphatic carbocycles. The average molecular weight is 375 g/mol. The molecule has 0 spiro atoms. The molecule has 0 radical (unpaired) electrons.